The van der Waals surface area contributed by atoms with E-state index in [4.69, 9.17) is 11.6 Å². The minimum atomic E-state index is -1.05. The van der Waals surface area contributed by atoms with Crippen LogP contribution in [0, 0.1) is 5.82 Å². The second-order valence-corrected chi connectivity index (χ2v) is 4.78. The molecule has 0 saturated carbocycles. The highest BCUT2D eigenvalue weighted by molar-refractivity contribution is 6.30. The molecule has 1 unspecified atom stereocenters. The van der Waals surface area contributed by atoms with Crippen LogP contribution in [0.25, 0.3) is 0 Å². The third-order valence-electron chi connectivity index (χ3n) is 2.74. The number of benzene rings is 1. The average molecular weight is 303 g/mol. The average Bonchev–Trinajstić information content (AvgIpc) is 2.39. The molecule has 1 atom stereocenters. The third kappa shape index (κ3) is 4.79. The van der Waals surface area contributed by atoms with Crippen LogP contribution >= 0.6 is 11.6 Å². The number of amides is 2. The fraction of sp³-hybridized carbons (Fsp3) is 0.385. The first-order chi connectivity index (χ1) is 9.31. The molecule has 20 heavy (non-hydrogen) atoms. The van der Waals surface area contributed by atoms with E-state index in [2.05, 4.69) is 5.32 Å². The van der Waals surface area contributed by atoms with Crippen molar-refractivity contribution in [3.8, 4) is 0 Å². The lowest BCUT2D eigenvalue weighted by atomic mass is 10.1. The van der Waals surface area contributed by atoms with E-state index in [1.807, 2.05) is 0 Å². The predicted molar refractivity (Wildman–Crippen MR) is 72.7 cm³/mol. The Kier molecular flexibility index (Phi) is 5.91. The molecule has 0 aliphatic rings. The molecule has 1 aromatic rings. The van der Waals surface area contributed by atoms with Crippen LogP contribution in [0.3, 0.4) is 0 Å². The second-order valence-electron chi connectivity index (χ2n) is 4.37. The van der Waals surface area contributed by atoms with Crippen molar-refractivity contribution in [1.82, 2.24) is 10.2 Å². The summed E-state index contributed by atoms with van der Waals surface area (Å²) in [7, 11) is 1.49. The van der Waals surface area contributed by atoms with Crippen LogP contribution < -0.4 is 5.32 Å². The summed E-state index contributed by atoms with van der Waals surface area (Å²) in [5, 5.41) is 12.3. The van der Waals surface area contributed by atoms with Crippen molar-refractivity contribution >= 4 is 23.4 Å². The maximum absolute atomic E-state index is 13.2. The summed E-state index contributed by atoms with van der Waals surface area (Å²) in [6.07, 6.45) is -1.05. The van der Waals surface area contributed by atoms with E-state index in [9.17, 15) is 19.1 Å². The summed E-state index contributed by atoms with van der Waals surface area (Å²) < 4.78 is 13.2. The molecule has 110 valence electrons. The maximum atomic E-state index is 13.2. The second kappa shape index (κ2) is 7.21. The Morgan fingerprint density at radius 2 is 2.15 bits per heavy atom. The number of rotatable bonds is 5. The molecule has 1 aromatic carbocycles. The van der Waals surface area contributed by atoms with Gasteiger partial charge >= 0.3 is 0 Å². The van der Waals surface area contributed by atoms with Gasteiger partial charge in [0.2, 0.25) is 11.8 Å². The van der Waals surface area contributed by atoms with Gasteiger partial charge in [0, 0.05) is 20.5 Å². The summed E-state index contributed by atoms with van der Waals surface area (Å²) >= 11 is 5.54. The van der Waals surface area contributed by atoms with Crippen LogP contribution in [-0.2, 0) is 9.59 Å². The Balaban J connectivity index is 2.50. The Morgan fingerprint density at radius 1 is 1.50 bits per heavy atom. The molecule has 0 saturated heterocycles. The van der Waals surface area contributed by atoms with E-state index < -0.39 is 17.8 Å². The smallest absolute Gasteiger partial charge is 0.239 e. The molecule has 0 heterocycles. The Bertz CT molecular complexity index is 510. The molecular formula is C13H16ClFN2O3. The predicted octanol–water partition coefficient (Wildman–Crippen LogP) is 1.11. The molecule has 0 aliphatic carbocycles. The molecule has 0 spiro atoms. The van der Waals surface area contributed by atoms with Crippen LogP contribution in [0.1, 0.15) is 18.6 Å². The van der Waals surface area contributed by atoms with Gasteiger partial charge in [-0.1, -0.05) is 17.7 Å². The molecule has 2 amide bonds. The number of aliphatic hydroxyl groups is 1. The quantitative estimate of drug-likeness (QED) is 0.856. The van der Waals surface area contributed by atoms with E-state index in [-0.39, 0.29) is 24.0 Å². The Morgan fingerprint density at radius 3 is 2.70 bits per heavy atom. The highest BCUT2D eigenvalue weighted by Gasteiger charge is 2.13. The van der Waals surface area contributed by atoms with E-state index in [0.29, 0.717) is 5.56 Å². The van der Waals surface area contributed by atoms with Gasteiger partial charge in [0.1, 0.15) is 5.82 Å². The summed E-state index contributed by atoms with van der Waals surface area (Å²) in [6, 6.07) is 3.92. The third-order valence-corrected chi connectivity index (χ3v) is 3.05. The normalized spacial score (nSPS) is 11.8. The maximum Gasteiger partial charge on any atom is 0.239 e. The standard InChI is InChI=1S/C13H16ClFN2O3/c1-8(18)17(2)7-13(20)16-6-12(19)9-3-4-10(14)11(15)5-9/h3-5,12,19H,6-7H2,1-2H3,(H,16,20). The van der Waals surface area contributed by atoms with Crippen LogP contribution in [-0.4, -0.2) is 42.0 Å². The highest BCUT2D eigenvalue weighted by Crippen LogP contribution is 2.19. The number of hydrogen-bond donors (Lipinski definition) is 2. The summed E-state index contributed by atoms with van der Waals surface area (Å²) in [4.78, 5) is 23.7. The molecular weight excluding hydrogens is 287 g/mol. The van der Waals surface area contributed by atoms with Gasteiger partial charge in [-0.3, -0.25) is 9.59 Å². The minimum absolute atomic E-state index is 0.0342. The SMILES string of the molecule is CC(=O)N(C)CC(=O)NCC(O)c1ccc(Cl)c(F)c1. The Hall–Kier alpha value is -1.66. The highest BCUT2D eigenvalue weighted by atomic mass is 35.5. The lowest BCUT2D eigenvalue weighted by Crippen LogP contribution is -2.38. The van der Waals surface area contributed by atoms with Gasteiger partial charge in [0.05, 0.1) is 17.7 Å². The van der Waals surface area contributed by atoms with Gasteiger partial charge in [-0.2, -0.15) is 0 Å². The van der Waals surface area contributed by atoms with Crippen molar-refractivity contribution in [1.29, 1.82) is 0 Å². The molecule has 5 nitrogen and oxygen atoms in total. The number of carbonyl (C=O) groups excluding carboxylic acids is 2. The van der Waals surface area contributed by atoms with Gasteiger partial charge in [0.15, 0.2) is 0 Å². The first-order valence-electron chi connectivity index (χ1n) is 5.92. The number of halogens is 2. The van der Waals surface area contributed by atoms with Crippen LogP contribution in [0.2, 0.25) is 5.02 Å². The number of likely N-dealkylation sites (N-methyl/N-ethyl adjacent to an activating group) is 1. The zero-order valence-electron chi connectivity index (χ0n) is 11.2. The van der Waals surface area contributed by atoms with E-state index in [1.54, 1.807) is 0 Å². The first-order valence-corrected chi connectivity index (χ1v) is 6.30. The van der Waals surface area contributed by atoms with E-state index >= 15 is 0 Å². The molecule has 2 N–H and O–H groups in total. The topological polar surface area (TPSA) is 69.6 Å². The minimum Gasteiger partial charge on any atom is -0.387 e. The number of nitrogens with one attached hydrogen (secondary N) is 1. The molecule has 0 fully saturated rings. The van der Waals surface area contributed by atoms with Crippen molar-refractivity contribution < 1.29 is 19.1 Å². The van der Waals surface area contributed by atoms with Gasteiger partial charge in [-0.25, -0.2) is 4.39 Å². The summed E-state index contributed by atoms with van der Waals surface area (Å²) in [5.41, 5.74) is 0.312. The number of aliphatic hydroxyl groups excluding tert-OH is 1. The fourth-order valence-electron chi connectivity index (χ4n) is 1.43. The summed E-state index contributed by atoms with van der Waals surface area (Å²) in [5.74, 6) is -1.28. The van der Waals surface area contributed by atoms with Gasteiger partial charge in [-0.05, 0) is 17.7 Å². The van der Waals surface area contributed by atoms with Crippen LogP contribution in [0.4, 0.5) is 4.39 Å². The zero-order valence-corrected chi connectivity index (χ0v) is 11.9. The van der Waals surface area contributed by atoms with Gasteiger partial charge in [0.25, 0.3) is 0 Å². The van der Waals surface area contributed by atoms with Crippen LogP contribution in [0.5, 0.6) is 0 Å². The largest absolute Gasteiger partial charge is 0.387 e. The van der Waals surface area contributed by atoms with Crippen molar-refractivity contribution in [2.45, 2.75) is 13.0 Å². The molecule has 1 rings (SSSR count). The van der Waals surface area contributed by atoms with E-state index in [1.165, 1.54) is 31.0 Å². The van der Waals surface area contributed by atoms with Crippen molar-refractivity contribution in [3.05, 3.63) is 34.6 Å². The molecule has 7 heteroatoms. The van der Waals surface area contributed by atoms with Crippen molar-refractivity contribution in [2.75, 3.05) is 20.1 Å². The van der Waals surface area contributed by atoms with Crippen LogP contribution in [0.15, 0.2) is 18.2 Å². The number of hydrogen-bond acceptors (Lipinski definition) is 3. The van der Waals surface area contributed by atoms with Crippen molar-refractivity contribution in [2.24, 2.45) is 0 Å². The van der Waals surface area contributed by atoms with E-state index in [0.717, 1.165) is 6.07 Å². The monoisotopic (exact) mass is 302 g/mol. The van der Waals surface area contributed by atoms with Gasteiger partial charge in [-0.15, -0.1) is 0 Å². The summed E-state index contributed by atoms with van der Waals surface area (Å²) in [6.45, 7) is 1.17. The molecule has 0 aromatic heterocycles. The zero-order chi connectivity index (χ0) is 15.3. The molecule has 0 radical (unpaired) electrons. The number of nitrogens with zero attached hydrogens (tertiary/aromatic N) is 1. The lowest BCUT2D eigenvalue weighted by molar-refractivity contribution is -0.133. The number of carbonyl (C=O) groups is 2. The van der Waals surface area contributed by atoms with Crippen molar-refractivity contribution in [3.63, 3.8) is 0 Å². The molecule has 0 bridgehead atoms. The fourth-order valence-corrected chi connectivity index (χ4v) is 1.55. The Labute approximate surface area is 121 Å². The van der Waals surface area contributed by atoms with Gasteiger partial charge < -0.3 is 15.3 Å². The molecule has 0 aliphatic heterocycles. The lowest BCUT2D eigenvalue weighted by Gasteiger charge is -2.16. The first kappa shape index (κ1) is 16.4.